The van der Waals surface area contributed by atoms with Crippen LogP contribution in [0.3, 0.4) is 0 Å². The van der Waals surface area contributed by atoms with Crippen LogP contribution < -0.4 is 15.8 Å². The van der Waals surface area contributed by atoms with Crippen LogP contribution in [0.5, 0.6) is 0 Å². The van der Waals surface area contributed by atoms with E-state index in [1.54, 1.807) is 30.5 Å². The molecule has 0 saturated carbocycles. The van der Waals surface area contributed by atoms with Gasteiger partial charge in [-0.3, -0.25) is 14.0 Å². The van der Waals surface area contributed by atoms with Gasteiger partial charge in [-0.1, -0.05) is 23.8 Å². The highest BCUT2D eigenvalue weighted by Crippen LogP contribution is 2.23. The number of nitrogens with zero attached hydrogens (tertiary/aromatic N) is 4. The number of hydrogen-bond acceptors (Lipinski definition) is 5. The van der Waals surface area contributed by atoms with E-state index < -0.39 is 5.91 Å². The van der Waals surface area contributed by atoms with Gasteiger partial charge in [-0.15, -0.1) is 0 Å². The van der Waals surface area contributed by atoms with Gasteiger partial charge < -0.3 is 10.2 Å². The van der Waals surface area contributed by atoms with E-state index >= 15 is 0 Å². The standard InChI is InChI=1S/C24H23N5O2/c1-17-8-10-19(11-9-17)26-23(30)18(16-25)15-20-22(28-12-4-2-5-13-28)27-21-7-3-6-14-29(21)24(20)31/h3,6-11,14-15H,2,4-5,12-13H2,1H3,(H,26,30)/b18-15+. The van der Waals surface area contributed by atoms with E-state index in [9.17, 15) is 14.9 Å². The Kier molecular flexibility index (Phi) is 5.80. The third-order valence-electron chi connectivity index (χ3n) is 5.37. The number of anilines is 2. The van der Waals surface area contributed by atoms with Gasteiger partial charge in [0.25, 0.3) is 11.5 Å². The van der Waals surface area contributed by atoms with Gasteiger partial charge in [0.1, 0.15) is 23.1 Å². The molecule has 0 atom stereocenters. The Labute approximate surface area is 180 Å². The van der Waals surface area contributed by atoms with E-state index in [-0.39, 0.29) is 16.7 Å². The van der Waals surface area contributed by atoms with E-state index in [2.05, 4.69) is 10.2 Å². The number of aromatic nitrogens is 2. The SMILES string of the molecule is Cc1ccc(NC(=O)/C(C#N)=C/c2c(N3CCCCC3)nc3ccccn3c2=O)cc1. The highest BCUT2D eigenvalue weighted by Gasteiger charge is 2.21. The molecule has 1 saturated heterocycles. The number of aryl methyl sites for hydroxylation is 1. The van der Waals surface area contributed by atoms with E-state index in [4.69, 9.17) is 4.98 Å². The number of carbonyl (C=O) groups excluding carboxylic acids is 1. The lowest BCUT2D eigenvalue weighted by Crippen LogP contribution is -2.33. The number of nitrogens with one attached hydrogen (secondary N) is 1. The average Bonchev–Trinajstić information content (AvgIpc) is 2.80. The number of nitriles is 1. The summed E-state index contributed by atoms with van der Waals surface area (Å²) in [4.78, 5) is 32.8. The summed E-state index contributed by atoms with van der Waals surface area (Å²) in [5.74, 6) is -0.0414. The van der Waals surface area contributed by atoms with Crippen LogP contribution in [0.2, 0.25) is 0 Å². The number of piperidine rings is 1. The molecule has 7 heteroatoms. The molecule has 0 unspecified atom stereocenters. The monoisotopic (exact) mass is 413 g/mol. The molecule has 3 heterocycles. The minimum atomic E-state index is -0.562. The van der Waals surface area contributed by atoms with Gasteiger partial charge in [0.05, 0.1) is 5.56 Å². The van der Waals surface area contributed by atoms with Crippen molar-refractivity contribution >= 4 is 29.1 Å². The molecule has 1 fully saturated rings. The predicted octanol–water partition coefficient (Wildman–Crippen LogP) is 3.54. The van der Waals surface area contributed by atoms with Crippen LogP contribution in [-0.2, 0) is 4.79 Å². The number of carbonyl (C=O) groups is 1. The van der Waals surface area contributed by atoms with Crippen molar-refractivity contribution in [3.05, 3.63) is 75.7 Å². The third-order valence-corrected chi connectivity index (χ3v) is 5.37. The Morgan fingerprint density at radius 3 is 2.58 bits per heavy atom. The lowest BCUT2D eigenvalue weighted by atomic mass is 10.1. The normalized spacial score (nSPS) is 14.3. The van der Waals surface area contributed by atoms with Crippen molar-refractivity contribution in [3.8, 4) is 6.07 Å². The van der Waals surface area contributed by atoms with Gasteiger partial charge in [0.2, 0.25) is 0 Å². The van der Waals surface area contributed by atoms with Gasteiger partial charge in [-0.2, -0.15) is 5.26 Å². The lowest BCUT2D eigenvalue weighted by molar-refractivity contribution is -0.112. The molecule has 0 bridgehead atoms. The fraction of sp³-hybridized carbons (Fsp3) is 0.250. The van der Waals surface area contributed by atoms with Crippen molar-refractivity contribution in [3.63, 3.8) is 0 Å². The molecule has 3 aromatic rings. The largest absolute Gasteiger partial charge is 0.356 e. The van der Waals surface area contributed by atoms with Crippen molar-refractivity contribution in [2.24, 2.45) is 0 Å². The van der Waals surface area contributed by atoms with E-state index in [1.165, 1.54) is 10.5 Å². The zero-order valence-electron chi connectivity index (χ0n) is 17.3. The van der Waals surface area contributed by atoms with E-state index in [0.717, 1.165) is 37.9 Å². The number of fused-ring (bicyclic) bond motifs is 1. The number of rotatable bonds is 4. The van der Waals surface area contributed by atoms with E-state index in [1.807, 2.05) is 31.2 Å². The van der Waals surface area contributed by atoms with Crippen LogP contribution in [0, 0.1) is 18.3 Å². The molecule has 1 amide bonds. The summed E-state index contributed by atoms with van der Waals surface area (Å²) in [7, 11) is 0. The van der Waals surface area contributed by atoms with Crippen molar-refractivity contribution < 1.29 is 4.79 Å². The highest BCUT2D eigenvalue weighted by atomic mass is 16.1. The summed E-state index contributed by atoms with van der Waals surface area (Å²) >= 11 is 0. The molecule has 1 aliphatic rings. The maximum Gasteiger partial charge on any atom is 0.267 e. The molecule has 156 valence electrons. The average molecular weight is 413 g/mol. The fourth-order valence-electron chi connectivity index (χ4n) is 3.69. The van der Waals surface area contributed by atoms with Crippen LogP contribution in [0.15, 0.2) is 59.0 Å². The molecule has 2 aromatic heterocycles. The van der Waals surface area contributed by atoms with Gasteiger partial charge >= 0.3 is 0 Å². The zero-order valence-corrected chi connectivity index (χ0v) is 17.3. The maximum absolute atomic E-state index is 13.3. The highest BCUT2D eigenvalue weighted by molar-refractivity contribution is 6.10. The van der Waals surface area contributed by atoms with Crippen LogP contribution in [0.4, 0.5) is 11.5 Å². The van der Waals surface area contributed by atoms with E-state index in [0.29, 0.717) is 17.2 Å². The summed E-state index contributed by atoms with van der Waals surface area (Å²) in [5.41, 5.74) is 1.99. The summed E-state index contributed by atoms with van der Waals surface area (Å²) in [5, 5.41) is 12.4. The summed E-state index contributed by atoms with van der Waals surface area (Å²) in [6.07, 6.45) is 6.16. The van der Waals surface area contributed by atoms with Crippen LogP contribution in [-0.4, -0.2) is 28.4 Å². The lowest BCUT2D eigenvalue weighted by Gasteiger charge is -2.29. The minimum Gasteiger partial charge on any atom is -0.356 e. The predicted molar refractivity (Wildman–Crippen MR) is 121 cm³/mol. The molecular formula is C24H23N5O2. The smallest absolute Gasteiger partial charge is 0.267 e. The third kappa shape index (κ3) is 4.33. The summed E-state index contributed by atoms with van der Waals surface area (Å²) in [6, 6.07) is 14.6. The van der Waals surface area contributed by atoms with Crippen LogP contribution in [0.25, 0.3) is 11.7 Å². The Morgan fingerprint density at radius 2 is 1.87 bits per heavy atom. The Bertz CT molecular complexity index is 1250. The maximum atomic E-state index is 13.3. The first-order valence-corrected chi connectivity index (χ1v) is 10.3. The van der Waals surface area contributed by atoms with Crippen molar-refractivity contribution in [1.82, 2.24) is 9.38 Å². The first kappa shape index (κ1) is 20.4. The molecule has 0 radical (unpaired) electrons. The minimum absolute atomic E-state index is 0.145. The van der Waals surface area contributed by atoms with Gasteiger partial charge in [0.15, 0.2) is 0 Å². The number of amides is 1. The fourth-order valence-corrected chi connectivity index (χ4v) is 3.69. The molecular weight excluding hydrogens is 390 g/mol. The van der Waals surface area contributed by atoms with Gasteiger partial charge in [-0.05, 0) is 56.5 Å². The first-order chi connectivity index (χ1) is 15.1. The van der Waals surface area contributed by atoms with Crippen molar-refractivity contribution in [2.75, 3.05) is 23.3 Å². The molecule has 0 aliphatic carbocycles. The Morgan fingerprint density at radius 1 is 1.13 bits per heavy atom. The number of benzene rings is 1. The van der Waals surface area contributed by atoms with Gasteiger partial charge in [0, 0.05) is 25.0 Å². The molecule has 4 rings (SSSR count). The van der Waals surface area contributed by atoms with Crippen LogP contribution >= 0.6 is 0 Å². The second kappa shape index (κ2) is 8.84. The second-order valence-electron chi connectivity index (χ2n) is 7.62. The molecule has 1 aliphatic heterocycles. The number of hydrogen-bond donors (Lipinski definition) is 1. The van der Waals surface area contributed by atoms with Crippen LogP contribution in [0.1, 0.15) is 30.4 Å². The van der Waals surface area contributed by atoms with Crippen molar-refractivity contribution in [1.29, 1.82) is 5.26 Å². The molecule has 7 nitrogen and oxygen atoms in total. The topological polar surface area (TPSA) is 90.5 Å². The Hall–Kier alpha value is -3.92. The zero-order chi connectivity index (χ0) is 21.8. The molecule has 31 heavy (non-hydrogen) atoms. The Balaban J connectivity index is 1.78. The molecule has 1 aromatic carbocycles. The summed E-state index contributed by atoms with van der Waals surface area (Å²) in [6.45, 7) is 3.52. The van der Waals surface area contributed by atoms with Gasteiger partial charge in [-0.25, -0.2) is 4.98 Å². The number of pyridine rings is 1. The summed E-state index contributed by atoms with van der Waals surface area (Å²) < 4.78 is 1.44. The van der Waals surface area contributed by atoms with Crippen molar-refractivity contribution in [2.45, 2.75) is 26.2 Å². The molecule has 1 N–H and O–H groups in total. The second-order valence-corrected chi connectivity index (χ2v) is 7.62. The first-order valence-electron chi connectivity index (χ1n) is 10.3. The molecule has 0 spiro atoms. The quantitative estimate of drug-likeness (QED) is 0.522.